The molecule has 0 aliphatic carbocycles. The number of hydrogen-bond acceptors (Lipinski definition) is 4. The van der Waals surface area contributed by atoms with E-state index in [-0.39, 0.29) is 35.7 Å². The van der Waals surface area contributed by atoms with Crippen molar-refractivity contribution in [2.75, 3.05) is 27.8 Å². The Morgan fingerprint density at radius 3 is 2.33 bits per heavy atom. The number of carbonyl (C=O) groups excluding carboxylic acids is 3. The third kappa shape index (κ3) is 5.36. The number of carbonyl (C=O) groups is 3. The number of amides is 3. The molecule has 8 heteroatoms. The van der Waals surface area contributed by atoms with E-state index in [0.717, 1.165) is 42.0 Å². The second-order valence-electron chi connectivity index (χ2n) is 10.4. The molecular weight excluding hydrogens is 512 g/mol. The van der Waals surface area contributed by atoms with Crippen molar-refractivity contribution in [2.45, 2.75) is 45.2 Å². The Labute approximate surface area is 234 Å². The largest absolute Gasteiger partial charge is 0.371 e. The highest BCUT2D eigenvalue weighted by Crippen LogP contribution is 2.43. The Morgan fingerprint density at radius 1 is 0.974 bits per heavy atom. The molecule has 2 heterocycles. The van der Waals surface area contributed by atoms with Crippen LogP contribution in [0.2, 0.25) is 5.02 Å². The van der Waals surface area contributed by atoms with E-state index >= 15 is 0 Å². The maximum atomic E-state index is 13.9. The standard InChI is InChI=1S/C31H33ClN4O3/c1-20-18-29(36(21(2)37)26-15-11-24(32)12-16-26)27-7-3-4-8-28(27)35(20)31(39)22-9-13-25(14-10-22)34-17-5-6-23(19-34)30(33)38/h3-4,7-16,20,23,29H,5-6,17-19H2,1-2H3,(H2,33,38)/t20-,23?,29+/m0/s1. The molecule has 3 atom stereocenters. The fraction of sp³-hybridized carbons (Fsp3) is 0.323. The predicted octanol–water partition coefficient (Wildman–Crippen LogP) is 5.57. The minimum atomic E-state index is -0.262. The highest BCUT2D eigenvalue weighted by Gasteiger charge is 2.38. The van der Waals surface area contributed by atoms with Gasteiger partial charge in [0.2, 0.25) is 11.8 Å². The van der Waals surface area contributed by atoms with Gasteiger partial charge in [0.15, 0.2) is 0 Å². The summed E-state index contributed by atoms with van der Waals surface area (Å²) in [6, 6.07) is 22.3. The summed E-state index contributed by atoms with van der Waals surface area (Å²) in [5.74, 6) is -0.575. The van der Waals surface area contributed by atoms with Gasteiger partial charge in [0.25, 0.3) is 5.91 Å². The number of nitrogens with two attached hydrogens (primary N) is 1. The molecule has 0 radical (unpaired) electrons. The van der Waals surface area contributed by atoms with Crippen LogP contribution in [0.5, 0.6) is 0 Å². The van der Waals surface area contributed by atoms with Crippen LogP contribution in [-0.4, -0.2) is 36.9 Å². The predicted molar refractivity (Wildman–Crippen MR) is 155 cm³/mol. The molecule has 5 rings (SSSR count). The normalized spacial score (nSPS) is 20.7. The van der Waals surface area contributed by atoms with Crippen LogP contribution in [0.4, 0.5) is 17.1 Å². The van der Waals surface area contributed by atoms with E-state index in [2.05, 4.69) is 4.90 Å². The molecule has 3 aromatic carbocycles. The van der Waals surface area contributed by atoms with Gasteiger partial charge in [-0.1, -0.05) is 29.8 Å². The number of hydrogen-bond donors (Lipinski definition) is 1. The van der Waals surface area contributed by atoms with Crippen LogP contribution in [0, 0.1) is 5.92 Å². The van der Waals surface area contributed by atoms with Gasteiger partial charge in [-0.3, -0.25) is 14.4 Å². The lowest BCUT2D eigenvalue weighted by molar-refractivity contribution is -0.122. The zero-order valence-electron chi connectivity index (χ0n) is 22.2. The molecule has 1 fully saturated rings. The molecule has 2 N–H and O–H groups in total. The number of para-hydroxylation sites is 1. The zero-order chi connectivity index (χ0) is 27.7. The molecule has 0 aromatic heterocycles. The van der Waals surface area contributed by atoms with E-state index in [1.54, 1.807) is 24.0 Å². The minimum absolute atomic E-state index is 0.0732. The first-order valence-electron chi connectivity index (χ1n) is 13.4. The molecule has 2 aliphatic heterocycles. The van der Waals surface area contributed by atoms with E-state index in [9.17, 15) is 14.4 Å². The summed E-state index contributed by atoms with van der Waals surface area (Å²) in [6.45, 7) is 5.04. The summed E-state index contributed by atoms with van der Waals surface area (Å²) in [4.78, 5) is 44.2. The fourth-order valence-electron chi connectivity index (χ4n) is 5.92. The highest BCUT2D eigenvalue weighted by molar-refractivity contribution is 6.30. The Morgan fingerprint density at radius 2 is 1.67 bits per heavy atom. The smallest absolute Gasteiger partial charge is 0.258 e. The molecule has 2 aliphatic rings. The number of fused-ring (bicyclic) bond motifs is 1. The first kappa shape index (κ1) is 26.8. The quantitative estimate of drug-likeness (QED) is 0.454. The van der Waals surface area contributed by atoms with Crippen molar-refractivity contribution in [3.8, 4) is 0 Å². The lowest BCUT2D eigenvalue weighted by Crippen LogP contribution is -2.47. The van der Waals surface area contributed by atoms with Crippen molar-refractivity contribution in [1.29, 1.82) is 0 Å². The number of nitrogens with zero attached hydrogens (tertiary/aromatic N) is 3. The van der Waals surface area contributed by atoms with Crippen LogP contribution in [0.3, 0.4) is 0 Å². The van der Waals surface area contributed by atoms with Gasteiger partial charge in [-0.25, -0.2) is 0 Å². The van der Waals surface area contributed by atoms with Crippen molar-refractivity contribution < 1.29 is 14.4 Å². The van der Waals surface area contributed by atoms with Crippen LogP contribution in [-0.2, 0) is 9.59 Å². The zero-order valence-corrected chi connectivity index (χ0v) is 23.0. The van der Waals surface area contributed by atoms with Crippen molar-refractivity contribution in [2.24, 2.45) is 11.7 Å². The summed E-state index contributed by atoms with van der Waals surface area (Å²) in [7, 11) is 0. The van der Waals surface area contributed by atoms with Crippen LogP contribution in [0.25, 0.3) is 0 Å². The molecular formula is C31H33ClN4O3. The van der Waals surface area contributed by atoms with Gasteiger partial charge in [0.05, 0.1) is 12.0 Å². The van der Waals surface area contributed by atoms with Crippen LogP contribution < -0.4 is 20.4 Å². The van der Waals surface area contributed by atoms with E-state index < -0.39 is 0 Å². The van der Waals surface area contributed by atoms with Crippen molar-refractivity contribution in [1.82, 2.24) is 0 Å². The lowest BCUT2D eigenvalue weighted by Gasteiger charge is -2.43. The molecule has 202 valence electrons. The average Bonchev–Trinajstić information content (AvgIpc) is 2.94. The number of halogens is 1. The molecule has 0 spiro atoms. The number of rotatable bonds is 5. The summed E-state index contributed by atoms with van der Waals surface area (Å²) in [5.41, 5.74) is 9.61. The lowest BCUT2D eigenvalue weighted by atomic mass is 9.89. The molecule has 0 saturated carbocycles. The third-order valence-electron chi connectivity index (χ3n) is 7.84. The van der Waals surface area contributed by atoms with Gasteiger partial charge < -0.3 is 20.4 Å². The first-order valence-corrected chi connectivity index (χ1v) is 13.7. The number of primary amides is 1. The van der Waals surface area contributed by atoms with E-state index in [0.29, 0.717) is 23.6 Å². The summed E-state index contributed by atoms with van der Waals surface area (Å²) >= 11 is 6.10. The van der Waals surface area contributed by atoms with Crippen LogP contribution in [0.1, 0.15) is 55.1 Å². The molecule has 0 bridgehead atoms. The van der Waals surface area contributed by atoms with Gasteiger partial charge in [0, 0.05) is 53.7 Å². The number of anilines is 3. The molecule has 3 amide bonds. The van der Waals surface area contributed by atoms with Gasteiger partial charge in [-0.2, -0.15) is 0 Å². The Kier molecular flexibility index (Phi) is 7.62. The maximum Gasteiger partial charge on any atom is 0.258 e. The summed E-state index contributed by atoms with van der Waals surface area (Å²) < 4.78 is 0. The van der Waals surface area contributed by atoms with Crippen molar-refractivity contribution in [3.05, 3.63) is 88.9 Å². The minimum Gasteiger partial charge on any atom is -0.371 e. The van der Waals surface area contributed by atoms with Gasteiger partial charge in [-0.15, -0.1) is 0 Å². The molecule has 1 unspecified atom stereocenters. The monoisotopic (exact) mass is 544 g/mol. The fourth-order valence-corrected chi connectivity index (χ4v) is 6.04. The van der Waals surface area contributed by atoms with E-state index in [4.69, 9.17) is 17.3 Å². The molecule has 39 heavy (non-hydrogen) atoms. The topological polar surface area (TPSA) is 87.0 Å². The van der Waals surface area contributed by atoms with Crippen molar-refractivity contribution in [3.63, 3.8) is 0 Å². The van der Waals surface area contributed by atoms with Gasteiger partial charge >= 0.3 is 0 Å². The second-order valence-corrected chi connectivity index (χ2v) is 10.9. The van der Waals surface area contributed by atoms with Gasteiger partial charge in [-0.05, 0) is 86.3 Å². The summed E-state index contributed by atoms with van der Waals surface area (Å²) in [5, 5.41) is 0.607. The van der Waals surface area contributed by atoms with Gasteiger partial charge in [0.1, 0.15) is 0 Å². The first-order chi connectivity index (χ1) is 18.7. The van der Waals surface area contributed by atoms with E-state index in [1.807, 2.05) is 72.5 Å². The van der Waals surface area contributed by atoms with E-state index in [1.165, 1.54) is 0 Å². The summed E-state index contributed by atoms with van der Waals surface area (Å²) in [6.07, 6.45) is 2.31. The third-order valence-corrected chi connectivity index (χ3v) is 8.09. The van der Waals surface area contributed by atoms with Crippen LogP contribution in [0.15, 0.2) is 72.8 Å². The highest BCUT2D eigenvalue weighted by atomic mass is 35.5. The van der Waals surface area contributed by atoms with Crippen molar-refractivity contribution >= 4 is 46.4 Å². The molecule has 1 saturated heterocycles. The van der Waals surface area contributed by atoms with Crippen LogP contribution >= 0.6 is 11.6 Å². The maximum absolute atomic E-state index is 13.9. The Bertz CT molecular complexity index is 1380. The average molecular weight is 545 g/mol. The number of piperidine rings is 1. The Balaban J connectivity index is 1.42. The Hall–Kier alpha value is -3.84. The molecule has 3 aromatic rings. The second kappa shape index (κ2) is 11.1. The SMILES string of the molecule is CC(=O)N(c1ccc(Cl)cc1)[C@@H]1C[C@H](C)N(C(=O)c2ccc(N3CCCC(C(N)=O)C3)cc2)c2ccccc21. The molecule has 7 nitrogen and oxygen atoms in total. The number of benzene rings is 3.